The molecule has 6 nitrogen and oxygen atoms in total. The molecule has 1 aliphatic rings. The standard InChI is InChI=1S/C15H21N3O3/c1-3-18(4-2)13(19)12-10-11(6-9-16-12)17-15(14(20)21)7-5-8-15/h6,9-10H,3-5,7-8H2,1-2H3,(H,16,17)(H,20,21). The predicted molar refractivity (Wildman–Crippen MR) is 79.3 cm³/mol. The normalized spacial score (nSPS) is 15.9. The van der Waals surface area contributed by atoms with Gasteiger partial charge in [0.2, 0.25) is 0 Å². The van der Waals surface area contributed by atoms with Crippen molar-refractivity contribution >= 4 is 17.6 Å². The molecule has 2 rings (SSSR count). The van der Waals surface area contributed by atoms with Crippen LogP contribution in [0.2, 0.25) is 0 Å². The van der Waals surface area contributed by atoms with Gasteiger partial charge in [0.25, 0.3) is 5.91 Å². The van der Waals surface area contributed by atoms with Crippen LogP contribution in [0, 0.1) is 0 Å². The highest BCUT2D eigenvalue weighted by atomic mass is 16.4. The Morgan fingerprint density at radius 1 is 1.38 bits per heavy atom. The van der Waals surface area contributed by atoms with Crippen LogP contribution in [0.25, 0.3) is 0 Å². The largest absolute Gasteiger partial charge is 0.480 e. The molecule has 0 radical (unpaired) electrons. The zero-order chi connectivity index (χ0) is 15.5. The van der Waals surface area contributed by atoms with Gasteiger partial charge in [-0.25, -0.2) is 4.79 Å². The second-order valence-electron chi connectivity index (χ2n) is 5.27. The van der Waals surface area contributed by atoms with Gasteiger partial charge in [-0.1, -0.05) is 0 Å². The van der Waals surface area contributed by atoms with Crippen LogP contribution >= 0.6 is 0 Å². The Labute approximate surface area is 124 Å². The van der Waals surface area contributed by atoms with E-state index in [0.717, 1.165) is 6.42 Å². The minimum atomic E-state index is -0.892. The molecule has 6 heteroatoms. The quantitative estimate of drug-likeness (QED) is 0.837. The van der Waals surface area contributed by atoms with E-state index in [9.17, 15) is 14.7 Å². The first-order chi connectivity index (χ1) is 10.0. The molecule has 114 valence electrons. The first-order valence-corrected chi connectivity index (χ1v) is 7.29. The van der Waals surface area contributed by atoms with Gasteiger partial charge in [0.05, 0.1) is 0 Å². The van der Waals surface area contributed by atoms with E-state index in [4.69, 9.17) is 0 Å². The van der Waals surface area contributed by atoms with E-state index in [0.29, 0.717) is 37.3 Å². The molecule has 1 fully saturated rings. The average molecular weight is 291 g/mol. The number of carbonyl (C=O) groups is 2. The maximum atomic E-state index is 12.3. The highest BCUT2D eigenvalue weighted by Crippen LogP contribution is 2.35. The molecule has 2 N–H and O–H groups in total. The monoisotopic (exact) mass is 291 g/mol. The fourth-order valence-electron chi connectivity index (χ4n) is 2.50. The Morgan fingerprint density at radius 3 is 2.52 bits per heavy atom. The molecule has 1 aromatic rings. The smallest absolute Gasteiger partial charge is 0.329 e. The van der Waals surface area contributed by atoms with Crippen molar-refractivity contribution in [2.45, 2.75) is 38.6 Å². The summed E-state index contributed by atoms with van der Waals surface area (Å²) in [6, 6.07) is 3.33. The third-order valence-electron chi connectivity index (χ3n) is 4.03. The summed E-state index contributed by atoms with van der Waals surface area (Å²) < 4.78 is 0. The summed E-state index contributed by atoms with van der Waals surface area (Å²) in [6.45, 7) is 5.07. The van der Waals surface area contributed by atoms with E-state index in [1.807, 2.05) is 13.8 Å². The number of rotatable bonds is 6. The number of nitrogens with zero attached hydrogens (tertiary/aromatic N) is 2. The minimum Gasteiger partial charge on any atom is -0.480 e. The van der Waals surface area contributed by atoms with Gasteiger partial charge in [-0.15, -0.1) is 0 Å². The molecule has 0 bridgehead atoms. The van der Waals surface area contributed by atoms with Crippen molar-refractivity contribution < 1.29 is 14.7 Å². The summed E-state index contributed by atoms with van der Waals surface area (Å²) >= 11 is 0. The van der Waals surface area contributed by atoms with E-state index in [2.05, 4.69) is 10.3 Å². The van der Waals surface area contributed by atoms with Crippen LogP contribution in [0.1, 0.15) is 43.6 Å². The topological polar surface area (TPSA) is 82.5 Å². The molecule has 1 aliphatic carbocycles. The first-order valence-electron chi connectivity index (χ1n) is 7.29. The van der Waals surface area contributed by atoms with Crippen molar-refractivity contribution in [3.05, 3.63) is 24.0 Å². The van der Waals surface area contributed by atoms with Gasteiger partial charge in [0.15, 0.2) is 0 Å². The van der Waals surface area contributed by atoms with E-state index in [1.54, 1.807) is 17.0 Å². The van der Waals surface area contributed by atoms with Crippen LogP contribution in [-0.2, 0) is 4.79 Å². The molecular weight excluding hydrogens is 270 g/mol. The van der Waals surface area contributed by atoms with E-state index >= 15 is 0 Å². The van der Waals surface area contributed by atoms with Gasteiger partial charge in [0.1, 0.15) is 11.2 Å². The number of carbonyl (C=O) groups excluding carboxylic acids is 1. The molecule has 1 aromatic heterocycles. The Bertz CT molecular complexity index is 537. The number of nitrogens with one attached hydrogen (secondary N) is 1. The molecule has 1 amide bonds. The van der Waals surface area contributed by atoms with Crippen LogP contribution in [0.4, 0.5) is 5.69 Å². The Kier molecular flexibility index (Phi) is 4.45. The number of hydrogen-bond donors (Lipinski definition) is 2. The summed E-state index contributed by atoms with van der Waals surface area (Å²) in [4.78, 5) is 29.4. The summed E-state index contributed by atoms with van der Waals surface area (Å²) in [7, 11) is 0. The second-order valence-corrected chi connectivity index (χ2v) is 5.27. The van der Waals surface area contributed by atoms with Crippen LogP contribution in [-0.4, -0.2) is 45.5 Å². The van der Waals surface area contributed by atoms with Crippen molar-refractivity contribution in [2.75, 3.05) is 18.4 Å². The number of carboxylic acids is 1. The summed E-state index contributed by atoms with van der Waals surface area (Å²) in [5.41, 5.74) is 0.0721. The second kappa shape index (κ2) is 6.11. The average Bonchev–Trinajstić information content (AvgIpc) is 2.44. The minimum absolute atomic E-state index is 0.137. The molecule has 0 unspecified atom stereocenters. The van der Waals surface area contributed by atoms with E-state index in [-0.39, 0.29) is 5.91 Å². The molecule has 21 heavy (non-hydrogen) atoms. The molecule has 1 heterocycles. The lowest BCUT2D eigenvalue weighted by atomic mass is 9.76. The fraction of sp³-hybridized carbons (Fsp3) is 0.533. The SMILES string of the molecule is CCN(CC)C(=O)c1cc(NC2(C(=O)O)CCC2)ccn1. The molecule has 0 aliphatic heterocycles. The van der Waals surface area contributed by atoms with Crippen LogP contribution in [0.15, 0.2) is 18.3 Å². The molecule has 0 atom stereocenters. The zero-order valence-electron chi connectivity index (χ0n) is 12.4. The van der Waals surface area contributed by atoms with E-state index in [1.165, 1.54) is 6.20 Å². The lowest BCUT2D eigenvalue weighted by molar-refractivity contribution is -0.145. The van der Waals surface area contributed by atoms with Gasteiger partial charge in [0, 0.05) is 25.0 Å². The lowest BCUT2D eigenvalue weighted by Gasteiger charge is -2.39. The molecule has 0 aromatic carbocycles. The number of carboxylic acid groups (broad SMARTS) is 1. The van der Waals surface area contributed by atoms with Crippen molar-refractivity contribution in [2.24, 2.45) is 0 Å². The van der Waals surface area contributed by atoms with Crippen molar-refractivity contribution in [3.63, 3.8) is 0 Å². The maximum absolute atomic E-state index is 12.3. The molecule has 0 spiro atoms. The Morgan fingerprint density at radius 2 is 2.05 bits per heavy atom. The van der Waals surface area contributed by atoms with Crippen molar-refractivity contribution in [1.29, 1.82) is 0 Å². The van der Waals surface area contributed by atoms with Gasteiger partial charge in [-0.3, -0.25) is 9.78 Å². The van der Waals surface area contributed by atoms with Gasteiger partial charge in [-0.05, 0) is 45.2 Å². The highest BCUT2D eigenvalue weighted by molar-refractivity contribution is 5.93. The first kappa shape index (κ1) is 15.3. The lowest BCUT2D eigenvalue weighted by Crippen LogP contribution is -2.52. The summed E-state index contributed by atoms with van der Waals surface area (Å²) in [5, 5.41) is 12.4. The number of aromatic nitrogens is 1. The van der Waals surface area contributed by atoms with Crippen molar-refractivity contribution in [1.82, 2.24) is 9.88 Å². The summed E-state index contributed by atoms with van der Waals surface area (Å²) in [6.07, 6.45) is 3.64. The van der Waals surface area contributed by atoms with Crippen LogP contribution in [0.5, 0.6) is 0 Å². The summed E-state index contributed by atoms with van der Waals surface area (Å²) in [5.74, 6) is -0.983. The predicted octanol–water partition coefficient (Wildman–Crippen LogP) is 1.98. The number of anilines is 1. The number of aliphatic carboxylic acids is 1. The molecule has 0 saturated heterocycles. The molecular formula is C15H21N3O3. The van der Waals surface area contributed by atoms with Gasteiger partial charge in [-0.2, -0.15) is 0 Å². The number of pyridine rings is 1. The van der Waals surface area contributed by atoms with Gasteiger partial charge >= 0.3 is 5.97 Å². The van der Waals surface area contributed by atoms with Crippen molar-refractivity contribution in [3.8, 4) is 0 Å². The van der Waals surface area contributed by atoms with E-state index < -0.39 is 11.5 Å². The number of hydrogen-bond acceptors (Lipinski definition) is 4. The maximum Gasteiger partial charge on any atom is 0.329 e. The highest BCUT2D eigenvalue weighted by Gasteiger charge is 2.44. The Balaban J connectivity index is 2.18. The Hall–Kier alpha value is -2.11. The van der Waals surface area contributed by atoms with Gasteiger partial charge < -0.3 is 15.3 Å². The zero-order valence-corrected chi connectivity index (χ0v) is 12.4. The third kappa shape index (κ3) is 2.99. The molecule has 1 saturated carbocycles. The number of amides is 1. The third-order valence-corrected chi connectivity index (χ3v) is 4.03. The van der Waals surface area contributed by atoms with Crippen LogP contribution in [0.3, 0.4) is 0 Å². The fourth-order valence-corrected chi connectivity index (χ4v) is 2.50. The van der Waals surface area contributed by atoms with Crippen LogP contribution < -0.4 is 5.32 Å².